The summed E-state index contributed by atoms with van der Waals surface area (Å²) in [5.41, 5.74) is 1.87. The van der Waals surface area contributed by atoms with E-state index in [0.717, 1.165) is 23.0 Å². The Morgan fingerprint density at radius 2 is 1.59 bits per heavy atom. The van der Waals surface area contributed by atoms with E-state index in [1.54, 1.807) is 0 Å². The highest BCUT2D eigenvalue weighted by Gasteiger charge is 2.34. The van der Waals surface area contributed by atoms with Gasteiger partial charge in [0.05, 0.1) is 12.1 Å². The smallest absolute Gasteiger partial charge is 0.273 e. The Hall–Kier alpha value is -3.85. The number of nitrogens with one attached hydrogen (secondary N) is 3. The van der Waals surface area contributed by atoms with Gasteiger partial charge in [0.25, 0.3) is 5.91 Å². The maximum Gasteiger partial charge on any atom is 0.273 e. The van der Waals surface area contributed by atoms with Gasteiger partial charge >= 0.3 is 0 Å². The molecule has 1 aliphatic carbocycles. The molecule has 198 valence electrons. The Morgan fingerprint density at radius 3 is 2.22 bits per heavy atom. The zero-order valence-electron chi connectivity index (χ0n) is 21.8. The normalized spacial score (nSPS) is 13.4. The number of hydrogen-bond acceptors (Lipinski definition) is 6. The summed E-state index contributed by atoms with van der Waals surface area (Å²) < 4.78 is 1.84. The van der Waals surface area contributed by atoms with Gasteiger partial charge in [-0.3, -0.25) is 14.3 Å². The van der Waals surface area contributed by atoms with Gasteiger partial charge in [-0.1, -0.05) is 69.3 Å². The molecule has 1 saturated carbocycles. The second-order valence-electron chi connectivity index (χ2n) is 9.80. The fraction of sp³-hybridized carbons (Fsp3) is 0.393. The molecule has 1 unspecified atom stereocenters. The van der Waals surface area contributed by atoms with E-state index in [0.29, 0.717) is 24.8 Å². The van der Waals surface area contributed by atoms with E-state index in [-0.39, 0.29) is 11.8 Å². The van der Waals surface area contributed by atoms with Crippen LogP contribution in [-0.2, 0) is 20.9 Å². The van der Waals surface area contributed by atoms with Crippen molar-refractivity contribution in [3.05, 3.63) is 65.9 Å². The molecule has 0 aliphatic heterocycles. The molecule has 1 atom stereocenters. The van der Waals surface area contributed by atoms with Crippen molar-refractivity contribution in [2.75, 3.05) is 13.1 Å². The number of rotatable bonds is 9. The molecule has 4 rings (SSSR count). The van der Waals surface area contributed by atoms with Gasteiger partial charge in [-0.05, 0) is 29.9 Å². The van der Waals surface area contributed by atoms with Crippen LogP contribution in [0.4, 0.5) is 0 Å². The van der Waals surface area contributed by atoms with Crippen LogP contribution in [-0.4, -0.2) is 60.3 Å². The van der Waals surface area contributed by atoms with Gasteiger partial charge in [-0.2, -0.15) is 5.10 Å². The highest BCUT2D eigenvalue weighted by molar-refractivity contribution is 6.06. The van der Waals surface area contributed by atoms with Gasteiger partial charge in [-0.25, -0.2) is 0 Å². The Labute approximate surface area is 218 Å². The minimum atomic E-state index is -0.677. The monoisotopic (exact) mass is 507 g/mol. The quantitative estimate of drug-likeness (QED) is 0.383. The molecule has 0 radical (unpaired) electrons. The number of carbonyl (C=O) groups is 4. The molecule has 0 spiro atoms. The molecule has 2 aromatic carbocycles. The predicted octanol–water partition coefficient (Wildman–Crippen LogP) is 2.73. The maximum absolute atomic E-state index is 13.3. The van der Waals surface area contributed by atoms with Crippen LogP contribution in [0.5, 0.6) is 0 Å². The minimum absolute atomic E-state index is 0.179. The average molecular weight is 508 g/mol. The molecule has 1 heterocycles. The van der Waals surface area contributed by atoms with E-state index < -0.39 is 11.5 Å². The second-order valence-corrected chi connectivity index (χ2v) is 9.80. The molecule has 9 heteroatoms. The summed E-state index contributed by atoms with van der Waals surface area (Å²) in [6, 6.07) is 17.6. The number of amides is 2. The van der Waals surface area contributed by atoms with Crippen molar-refractivity contribution < 1.29 is 19.2 Å². The predicted molar refractivity (Wildman–Crippen MR) is 144 cm³/mol. The topological polar surface area (TPSA) is 122 Å². The molecule has 0 bridgehead atoms. The van der Waals surface area contributed by atoms with Crippen molar-refractivity contribution >= 4 is 36.3 Å². The van der Waals surface area contributed by atoms with Crippen LogP contribution in [0.2, 0.25) is 0 Å². The highest BCUT2D eigenvalue weighted by Crippen LogP contribution is 2.23. The second kappa shape index (κ2) is 14.0. The van der Waals surface area contributed by atoms with Crippen LogP contribution in [0.3, 0.4) is 0 Å². The first kappa shape index (κ1) is 29.4. The van der Waals surface area contributed by atoms with Crippen molar-refractivity contribution in [2.24, 2.45) is 5.41 Å². The number of aromatic nitrogens is 2. The fourth-order valence-corrected chi connectivity index (χ4v) is 3.90. The Kier molecular flexibility index (Phi) is 11.1. The van der Waals surface area contributed by atoms with Crippen LogP contribution < -0.4 is 16.0 Å². The first-order valence-electron chi connectivity index (χ1n) is 12.2. The van der Waals surface area contributed by atoms with Crippen molar-refractivity contribution in [1.82, 2.24) is 25.7 Å². The van der Waals surface area contributed by atoms with Crippen LogP contribution in [0, 0.1) is 5.41 Å². The average Bonchev–Trinajstić information content (AvgIpc) is 3.67. The minimum Gasteiger partial charge on any atom is -0.353 e. The third-order valence-corrected chi connectivity index (χ3v) is 5.89. The van der Waals surface area contributed by atoms with Crippen LogP contribution in [0.25, 0.3) is 10.9 Å². The molecular weight excluding hydrogens is 470 g/mol. The van der Waals surface area contributed by atoms with Gasteiger partial charge in [0, 0.05) is 24.5 Å². The first-order chi connectivity index (χ1) is 17.8. The molecular formula is C28H37N5O4. The molecule has 1 aromatic heterocycles. The zero-order valence-corrected chi connectivity index (χ0v) is 21.8. The van der Waals surface area contributed by atoms with Crippen molar-refractivity contribution in [3.63, 3.8) is 0 Å². The van der Waals surface area contributed by atoms with Gasteiger partial charge in [0.2, 0.25) is 5.91 Å². The summed E-state index contributed by atoms with van der Waals surface area (Å²) in [7, 11) is 0. The lowest BCUT2D eigenvalue weighted by atomic mass is 9.86. The van der Waals surface area contributed by atoms with Crippen LogP contribution in [0.1, 0.15) is 49.7 Å². The summed E-state index contributed by atoms with van der Waals surface area (Å²) in [5.74, 6) is -0.523. The molecule has 1 fully saturated rings. The van der Waals surface area contributed by atoms with Gasteiger partial charge in [0.15, 0.2) is 5.69 Å². The molecule has 1 aliphatic rings. The summed E-state index contributed by atoms with van der Waals surface area (Å²) in [6.45, 7) is 11.7. The number of hydrogen-bond donors (Lipinski definition) is 3. The van der Waals surface area contributed by atoms with E-state index in [1.807, 2.05) is 93.6 Å². The van der Waals surface area contributed by atoms with E-state index in [1.165, 1.54) is 12.8 Å². The summed E-state index contributed by atoms with van der Waals surface area (Å²) in [5, 5.41) is 14.7. The third-order valence-electron chi connectivity index (χ3n) is 5.89. The number of benzene rings is 2. The van der Waals surface area contributed by atoms with Gasteiger partial charge in [0.1, 0.15) is 19.6 Å². The number of carbonyl (C=O) groups excluding carboxylic acids is 4. The summed E-state index contributed by atoms with van der Waals surface area (Å²) in [4.78, 5) is 42.3. The third kappa shape index (κ3) is 8.35. The lowest BCUT2D eigenvalue weighted by Crippen LogP contribution is -2.54. The number of nitrogens with zero attached hydrogens (tertiary/aromatic N) is 2. The number of fused-ring (bicyclic) bond motifs is 1. The lowest BCUT2D eigenvalue weighted by molar-refractivity contribution is -0.125. The zero-order chi connectivity index (χ0) is 27.4. The van der Waals surface area contributed by atoms with E-state index in [9.17, 15) is 9.59 Å². The van der Waals surface area contributed by atoms with Gasteiger partial charge in [-0.15, -0.1) is 0 Å². The van der Waals surface area contributed by atoms with Crippen molar-refractivity contribution in [3.8, 4) is 0 Å². The SMILES string of the molecule is C=O.C=O.CC(C)(C)C(NC(=O)c1nn(Cc2ccccc2)c2ccccc12)C(=O)NCCNC1CC1. The lowest BCUT2D eigenvalue weighted by Gasteiger charge is -2.30. The van der Waals surface area contributed by atoms with E-state index >= 15 is 0 Å². The van der Waals surface area contributed by atoms with Crippen LogP contribution >= 0.6 is 0 Å². The van der Waals surface area contributed by atoms with Gasteiger partial charge < -0.3 is 25.5 Å². The maximum atomic E-state index is 13.3. The molecule has 2 amide bonds. The van der Waals surface area contributed by atoms with E-state index in [2.05, 4.69) is 21.0 Å². The summed E-state index contributed by atoms with van der Waals surface area (Å²) >= 11 is 0. The fourth-order valence-electron chi connectivity index (χ4n) is 3.90. The molecule has 9 nitrogen and oxygen atoms in total. The molecule has 3 N–H and O–H groups in total. The Morgan fingerprint density at radius 1 is 0.973 bits per heavy atom. The number of para-hydroxylation sites is 1. The summed E-state index contributed by atoms with van der Waals surface area (Å²) in [6.07, 6.45) is 2.42. The Balaban J connectivity index is 0.00000115. The first-order valence-corrected chi connectivity index (χ1v) is 12.2. The van der Waals surface area contributed by atoms with Crippen molar-refractivity contribution in [1.29, 1.82) is 0 Å². The van der Waals surface area contributed by atoms with Crippen molar-refractivity contribution in [2.45, 2.75) is 52.2 Å². The molecule has 37 heavy (non-hydrogen) atoms. The molecule has 3 aromatic rings. The highest BCUT2D eigenvalue weighted by atomic mass is 16.2. The standard InChI is InChI=1S/C26H33N5O2.2CH2O/c1-26(2,3)23(25(33)28-16-15-27-19-13-14-19)29-24(32)22-20-11-7-8-12-21(20)31(30-22)17-18-9-5-4-6-10-18;2*1-2/h4-12,19,23,27H,13-17H2,1-3H3,(H,28,33)(H,29,32);2*1H2. The Bertz CT molecular complexity index is 1150. The van der Waals surface area contributed by atoms with Crippen LogP contribution in [0.15, 0.2) is 54.6 Å². The largest absolute Gasteiger partial charge is 0.353 e. The molecule has 0 saturated heterocycles. The van der Waals surface area contributed by atoms with E-state index in [4.69, 9.17) is 9.59 Å².